The van der Waals surface area contributed by atoms with Crippen LogP contribution in [0.25, 0.3) is 0 Å². The van der Waals surface area contributed by atoms with E-state index in [0.29, 0.717) is 25.9 Å². The molecule has 1 unspecified atom stereocenters. The van der Waals surface area contributed by atoms with Crippen molar-refractivity contribution in [2.75, 3.05) is 20.2 Å². The van der Waals surface area contributed by atoms with Crippen molar-refractivity contribution >= 4 is 18.1 Å². The summed E-state index contributed by atoms with van der Waals surface area (Å²) < 4.78 is 4.50. The van der Waals surface area contributed by atoms with Crippen LogP contribution >= 0.6 is 0 Å². The number of nitrogens with one attached hydrogen (secondary N) is 2. The highest BCUT2D eigenvalue weighted by Crippen LogP contribution is 2.12. The minimum atomic E-state index is -1.04. The van der Waals surface area contributed by atoms with Crippen molar-refractivity contribution in [2.24, 2.45) is 5.92 Å². The molecule has 8 heteroatoms. The Morgan fingerprint density at radius 2 is 2.10 bits per heavy atom. The molecule has 3 N–H and O–H groups in total. The molecular formula is C13H23N3O5. The highest BCUT2D eigenvalue weighted by molar-refractivity contribution is 5.83. The number of ether oxygens (including phenoxy) is 1. The zero-order valence-electron chi connectivity index (χ0n) is 12.6. The van der Waals surface area contributed by atoms with Gasteiger partial charge in [0.05, 0.1) is 13.2 Å². The van der Waals surface area contributed by atoms with Gasteiger partial charge in [-0.1, -0.05) is 20.3 Å². The van der Waals surface area contributed by atoms with Crippen molar-refractivity contribution in [1.29, 1.82) is 0 Å². The molecule has 1 fully saturated rings. The molecule has 0 aromatic carbocycles. The molecule has 0 saturated carbocycles. The van der Waals surface area contributed by atoms with Gasteiger partial charge in [0.25, 0.3) is 0 Å². The minimum Gasteiger partial charge on any atom is -0.480 e. The molecule has 1 rings (SSSR count). The predicted molar refractivity (Wildman–Crippen MR) is 74.9 cm³/mol. The number of rotatable bonds is 5. The average molecular weight is 301 g/mol. The van der Waals surface area contributed by atoms with Crippen LogP contribution < -0.4 is 10.6 Å². The Bertz CT molecular complexity index is 401. The largest absolute Gasteiger partial charge is 0.480 e. The molecular weight excluding hydrogens is 278 g/mol. The van der Waals surface area contributed by atoms with E-state index in [0.717, 1.165) is 0 Å². The number of methoxy groups -OCH3 is 1. The van der Waals surface area contributed by atoms with Gasteiger partial charge in [-0.25, -0.2) is 14.4 Å². The van der Waals surface area contributed by atoms with E-state index < -0.39 is 24.1 Å². The number of urea groups is 1. The molecule has 1 saturated heterocycles. The lowest BCUT2D eigenvalue weighted by Gasteiger charge is -2.24. The fourth-order valence-electron chi connectivity index (χ4n) is 2.20. The van der Waals surface area contributed by atoms with Gasteiger partial charge in [0.2, 0.25) is 0 Å². The normalized spacial score (nSPS) is 20.5. The molecule has 3 amide bonds. The summed E-state index contributed by atoms with van der Waals surface area (Å²) >= 11 is 0. The molecule has 8 nitrogen and oxygen atoms in total. The molecule has 1 aliphatic rings. The van der Waals surface area contributed by atoms with Crippen molar-refractivity contribution in [2.45, 2.75) is 38.8 Å². The first-order valence-corrected chi connectivity index (χ1v) is 7.01. The maximum atomic E-state index is 12.1. The summed E-state index contributed by atoms with van der Waals surface area (Å²) in [6.45, 7) is 4.46. The fraction of sp³-hybridized carbons (Fsp3) is 0.769. The van der Waals surface area contributed by atoms with Crippen molar-refractivity contribution in [3.05, 3.63) is 0 Å². The van der Waals surface area contributed by atoms with Gasteiger partial charge in [0.1, 0.15) is 6.04 Å². The molecule has 0 aromatic heterocycles. The molecule has 21 heavy (non-hydrogen) atoms. The number of likely N-dealkylation sites (tertiary alicyclic amines) is 1. The Morgan fingerprint density at radius 3 is 2.62 bits per heavy atom. The quantitative estimate of drug-likeness (QED) is 0.690. The Kier molecular flexibility index (Phi) is 6.26. The number of hydrogen-bond donors (Lipinski definition) is 3. The number of hydrogen-bond acceptors (Lipinski definition) is 4. The van der Waals surface area contributed by atoms with E-state index in [-0.39, 0.29) is 12.0 Å². The van der Waals surface area contributed by atoms with Gasteiger partial charge >= 0.3 is 18.1 Å². The van der Waals surface area contributed by atoms with Gasteiger partial charge in [0.15, 0.2) is 0 Å². The second kappa shape index (κ2) is 7.70. The highest BCUT2D eigenvalue weighted by atomic mass is 16.5. The standard InChI is InChI=1S/C13H23N3O5/c1-4-8(2)10(11(17)18)15-12(19)16-6-5-9(7-16)14-13(20)21-3/h8-10H,4-7H2,1-3H3,(H,14,20)(H,15,19)(H,17,18)/t8-,9?,10-/m0/s1. The average Bonchev–Trinajstić information content (AvgIpc) is 2.91. The van der Waals surface area contributed by atoms with E-state index in [1.165, 1.54) is 12.0 Å². The van der Waals surface area contributed by atoms with Crippen molar-refractivity contribution in [1.82, 2.24) is 15.5 Å². The third-order valence-corrected chi connectivity index (χ3v) is 3.74. The van der Waals surface area contributed by atoms with Crippen LogP contribution in [-0.2, 0) is 9.53 Å². The molecule has 1 heterocycles. The SMILES string of the molecule is CC[C@H](C)[C@H](NC(=O)N1CCC(NC(=O)OC)C1)C(=O)O. The van der Waals surface area contributed by atoms with Crippen LogP contribution in [0, 0.1) is 5.92 Å². The highest BCUT2D eigenvalue weighted by Gasteiger charge is 2.31. The van der Waals surface area contributed by atoms with Crippen LogP contribution in [0.1, 0.15) is 26.7 Å². The van der Waals surface area contributed by atoms with E-state index in [2.05, 4.69) is 15.4 Å². The van der Waals surface area contributed by atoms with Gasteiger partial charge in [0, 0.05) is 13.1 Å². The summed E-state index contributed by atoms with van der Waals surface area (Å²) in [5.74, 6) is -1.20. The zero-order valence-corrected chi connectivity index (χ0v) is 12.6. The fourth-order valence-corrected chi connectivity index (χ4v) is 2.20. The number of carbonyl (C=O) groups is 3. The monoisotopic (exact) mass is 301 g/mol. The molecule has 120 valence electrons. The first-order chi connectivity index (χ1) is 9.88. The van der Waals surface area contributed by atoms with Crippen LogP contribution in [-0.4, -0.2) is 60.4 Å². The lowest BCUT2D eigenvalue weighted by molar-refractivity contribution is -0.140. The van der Waals surface area contributed by atoms with Gasteiger partial charge in [-0.3, -0.25) is 0 Å². The molecule has 0 aromatic rings. The Hall–Kier alpha value is -1.99. The third-order valence-electron chi connectivity index (χ3n) is 3.74. The molecule has 3 atom stereocenters. The van der Waals surface area contributed by atoms with Gasteiger partial charge in [-0.2, -0.15) is 0 Å². The number of alkyl carbamates (subject to hydrolysis) is 1. The van der Waals surface area contributed by atoms with E-state index >= 15 is 0 Å². The van der Waals surface area contributed by atoms with E-state index in [9.17, 15) is 14.4 Å². The van der Waals surface area contributed by atoms with Crippen LogP contribution in [0.5, 0.6) is 0 Å². The first-order valence-electron chi connectivity index (χ1n) is 7.01. The number of amides is 3. The molecule has 0 spiro atoms. The molecule has 0 aliphatic carbocycles. The Morgan fingerprint density at radius 1 is 1.43 bits per heavy atom. The van der Waals surface area contributed by atoms with Crippen molar-refractivity contribution < 1.29 is 24.2 Å². The van der Waals surface area contributed by atoms with E-state index in [1.807, 2.05) is 6.92 Å². The van der Waals surface area contributed by atoms with Crippen LogP contribution in [0.15, 0.2) is 0 Å². The summed E-state index contributed by atoms with van der Waals surface area (Å²) in [5.41, 5.74) is 0. The maximum absolute atomic E-state index is 12.1. The van der Waals surface area contributed by atoms with Crippen LogP contribution in [0.2, 0.25) is 0 Å². The zero-order chi connectivity index (χ0) is 16.0. The summed E-state index contributed by atoms with van der Waals surface area (Å²) in [6, 6.07) is -1.50. The number of aliphatic carboxylic acids is 1. The second-order valence-corrected chi connectivity index (χ2v) is 5.22. The lowest BCUT2D eigenvalue weighted by Crippen LogP contribution is -2.50. The van der Waals surface area contributed by atoms with Gasteiger partial charge in [-0.15, -0.1) is 0 Å². The molecule has 1 aliphatic heterocycles. The second-order valence-electron chi connectivity index (χ2n) is 5.22. The molecule has 0 bridgehead atoms. The van der Waals surface area contributed by atoms with E-state index in [1.54, 1.807) is 6.92 Å². The Balaban J connectivity index is 2.52. The minimum absolute atomic E-state index is 0.155. The van der Waals surface area contributed by atoms with E-state index in [4.69, 9.17) is 5.11 Å². The van der Waals surface area contributed by atoms with Gasteiger partial charge in [-0.05, 0) is 12.3 Å². The van der Waals surface area contributed by atoms with Crippen molar-refractivity contribution in [3.63, 3.8) is 0 Å². The summed E-state index contributed by atoms with van der Waals surface area (Å²) in [7, 11) is 1.28. The summed E-state index contributed by atoms with van der Waals surface area (Å²) in [5, 5.41) is 14.3. The Labute approximate surface area is 123 Å². The third kappa shape index (κ3) is 4.80. The number of carbonyl (C=O) groups excluding carboxylic acids is 2. The summed E-state index contributed by atoms with van der Waals surface area (Å²) in [4.78, 5) is 35.9. The smallest absolute Gasteiger partial charge is 0.407 e. The van der Waals surface area contributed by atoms with Crippen LogP contribution in [0.3, 0.4) is 0 Å². The predicted octanol–water partition coefficient (Wildman–Crippen LogP) is 0.626. The van der Waals surface area contributed by atoms with Crippen LogP contribution in [0.4, 0.5) is 9.59 Å². The maximum Gasteiger partial charge on any atom is 0.407 e. The van der Waals surface area contributed by atoms with Crippen molar-refractivity contribution in [3.8, 4) is 0 Å². The summed E-state index contributed by atoms with van der Waals surface area (Å²) in [6.07, 6.45) is 0.734. The topological polar surface area (TPSA) is 108 Å². The molecule has 0 radical (unpaired) electrons. The number of carboxylic acid groups (broad SMARTS) is 1. The van der Waals surface area contributed by atoms with Gasteiger partial charge < -0.3 is 25.4 Å². The number of carboxylic acids is 1. The first kappa shape index (κ1) is 17.1. The number of nitrogens with zero attached hydrogens (tertiary/aromatic N) is 1. The lowest BCUT2D eigenvalue weighted by atomic mass is 9.99.